The summed E-state index contributed by atoms with van der Waals surface area (Å²) in [5, 5.41) is 12.2. The van der Waals surface area contributed by atoms with Gasteiger partial charge in [0.15, 0.2) is 0 Å². The summed E-state index contributed by atoms with van der Waals surface area (Å²) in [5.74, 6) is -0.240. The Morgan fingerprint density at radius 2 is 2.35 bits per heavy atom. The third kappa shape index (κ3) is 3.84. The molecule has 1 aliphatic rings. The van der Waals surface area contributed by atoms with Gasteiger partial charge in [0.25, 0.3) is 0 Å². The van der Waals surface area contributed by atoms with Crippen LogP contribution >= 0.6 is 11.6 Å². The molecule has 2 N–H and O–H groups in total. The van der Waals surface area contributed by atoms with E-state index in [0.717, 1.165) is 12.8 Å². The minimum Gasteiger partial charge on any atom is -0.396 e. The van der Waals surface area contributed by atoms with E-state index in [1.54, 1.807) is 11.0 Å². The number of aliphatic hydroxyl groups is 1. The molecule has 1 aliphatic heterocycles. The van der Waals surface area contributed by atoms with Crippen molar-refractivity contribution in [3.63, 3.8) is 0 Å². The molecule has 0 spiro atoms. The lowest BCUT2D eigenvalue weighted by Crippen LogP contribution is -2.45. The number of halogens is 2. The highest BCUT2D eigenvalue weighted by atomic mass is 35.5. The van der Waals surface area contributed by atoms with Crippen LogP contribution in [0.2, 0.25) is 5.02 Å². The van der Waals surface area contributed by atoms with Crippen molar-refractivity contribution < 1.29 is 14.3 Å². The molecule has 2 rings (SSSR count). The van der Waals surface area contributed by atoms with Crippen LogP contribution in [-0.2, 0) is 6.54 Å². The summed E-state index contributed by atoms with van der Waals surface area (Å²) in [5.41, 5.74) is 0.678. The first kappa shape index (κ1) is 15.1. The summed E-state index contributed by atoms with van der Waals surface area (Å²) >= 11 is 5.91. The van der Waals surface area contributed by atoms with Crippen molar-refractivity contribution in [2.24, 2.45) is 5.92 Å². The maximum atomic E-state index is 12.9. The van der Waals surface area contributed by atoms with Gasteiger partial charge in [-0.25, -0.2) is 9.18 Å². The van der Waals surface area contributed by atoms with Crippen LogP contribution in [0.1, 0.15) is 18.4 Å². The van der Waals surface area contributed by atoms with E-state index in [-0.39, 0.29) is 25.1 Å². The molecule has 1 unspecified atom stereocenters. The van der Waals surface area contributed by atoms with Crippen molar-refractivity contribution in [2.75, 3.05) is 19.7 Å². The molecule has 1 aromatic rings. The second-order valence-electron chi connectivity index (χ2n) is 5.03. The Hall–Kier alpha value is -1.33. The molecule has 0 aromatic heterocycles. The van der Waals surface area contributed by atoms with Crippen LogP contribution in [0, 0.1) is 11.7 Å². The van der Waals surface area contributed by atoms with Crippen molar-refractivity contribution in [3.8, 4) is 0 Å². The van der Waals surface area contributed by atoms with Gasteiger partial charge in [-0.15, -0.1) is 0 Å². The molecule has 1 aromatic carbocycles. The number of carbonyl (C=O) groups is 1. The summed E-state index contributed by atoms with van der Waals surface area (Å²) in [7, 11) is 0. The molecule has 0 aliphatic carbocycles. The Labute approximate surface area is 122 Å². The molecule has 110 valence electrons. The number of urea groups is 1. The smallest absolute Gasteiger partial charge is 0.317 e. The quantitative estimate of drug-likeness (QED) is 0.900. The Morgan fingerprint density at radius 1 is 1.55 bits per heavy atom. The van der Waals surface area contributed by atoms with Gasteiger partial charge in [0.2, 0.25) is 0 Å². The van der Waals surface area contributed by atoms with Crippen molar-refractivity contribution in [2.45, 2.75) is 19.4 Å². The zero-order chi connectivity index (χ0) is 14.5. The van der Waals surface area contributed by atoms with Gasteiger partial charge in [0.05, 0.1) is 0 Å². The highest BCUT2D eigenvalue weighted by Crippen LogP contribution is 2.18. The molecule has 0 bridgehead atoms. The third-order valence-corrected chi connectivity index (χ3v) is 3.86. The maximum Gasteiger partial charge on any atom is 0.317 e. The number of likely N-dealkylation sites (tertiary alicyclic amines) is 1. The van der Waals surface area contributed by atoms with Gasteiger partial charge < -0.3 is 15.3 Å². The Morgan fingerprint density at radius 3 is 3.05 bits per heavy atom. The van der Waals surface area contributed by atoms with Gasteiger partial charge >= 0.3 is 6.03 Å². The third-order valence-electron chi connectivity index (χ3n) is 3.51. The van der Waals surface area contributed by atoms with E-state index in [1.165, 1.54) is 12.1 Å². The van der Waals surface area contributed by atoms with Crippen LogP contribution in [-0.4, -0.2) is 35.7 Å². The summed E-state index contributed by atoms with van der Waals surface area (Å²) in [6, 6.07) is 3.93. The number of carbonyl (C=O) groups excluding carboxylic acids is 1. The minimum atomic E-state index is -0.396. The molecule has 1 saturated heterocycles. The normalized spacial score (nSPS) is 18.9. The number of nitrogens with zero attached hydrogens (tertiary/aromatic N) is 1. The lowest BCUT2D eigenvalue weighted by atomic mass is 9.99. The minimum absolute atomic E-state index is 0.105. The molecule has 0 radical (unpaired) electrons. The van der Waals surface area contributed by atoms with E-state index in [4.69, 9.17) is 16.7 Å². The lowest BCUT2D eigenvalue weighted by molar-refractivity contribution is 0.129. The maximum absolute atomic E-state index is 12.9. The molecule has 1 fully saturated rings. The molecule has 6 heteroatoms. The average molecular weight is 301 g/mol. The van der Waals surface area contributed by atoms with Crippen LogP contribution in [0.5, 0.6) is 0 Å². The highest BCUT2D eigenvalue weighted by Gasteiger charge is 2.22. The fourth-order valence-corrected chi connectivity index (χ4v) is 2.58. The Bertz CT molecular complexity index is 484. The molecule has 1 atom stereocenters. The van der Waals surface area contributed by atoms with E-state index in [9.17, 15) is 9.18 Å². The predicted octanol–water partition coefficient (Wildman–Crippen LogP) is 2.39. The second kappa shape index (κ2) is 6.90. The van der Waals surface area contributed by atoms with E-state index in [1.807, 2.05) is 0 Å². The standard InChI is InChI=1S/C14H18ClFN2O2/c15-13-6-12(16)4-3-11(13)7-17-14(20)18-5-1-2-10(8-18)9-19/h3-4,6,10,19H,1-2,5,7-9H2,(H,17,20). The van der Waals surface area contributed by atoms with Crippen molar-refractivity contribution in [3.05, 3.63) is 34.6 Å². The number of aliphatic hydroxyl groups excluding tert-OH is 1. The number of nitrogens with one attached hydrogen (secondary N) is 1. The zero-order valence-corrected chi connectivity index (χ0v) is 11.9. The average Bonchev–Trinajstić information content (AvgIpc) is 2.46. The SMILES string of the molecule is O=C(NCc1ccc(F)cc1Cl)N1CCCC(CO)C1. The van der Waals surface area contributed by atoms with Crippen molar-refractivity contribution in [1.82, 2.24) is 10.2 Å². The van der Waals surface area contributed by atoms with E-state index in [2.05, 4.69) is 5.32 Å². The van der Waals surface area contributed by atoms with Gasteiger partial charge in [0, 0.05) is 31.3 Å². The first-order valence-electron chi connectivity index (χ1n) is 6.67. The number of piperidine rings is 1. The summed E-state index contributed by atoms with van der Waals surface area (Å²) in [4.78, 5) is 13.7. The van der Waals surface area contributed by atoms with Crippen molar-refractivity contribution in [1.29, 1.82) is 0 Å². The van der Waals surface area contributed by atoms with E-state index >= 15 is 0 Å². The van der Waals surface area contributed by atoms with Gasteiger partial charge in [-0.05, 0) is 36.5 Å². The molecule has 4 nitrogen and oxygen atoms in total. The van der Waals surface area contributed by atoms with Gasteiger partial charge in [-0.2, -0.15) is 0 Å². The molecule has 1 heterocycles. The fourth-order valence-electron chi connectivity index (χ4n) is 2.35. The zero-order valence-electron chi connectivity index (χ0n) is 11.1. The van der Waals surface area contributed by atoms with Gasteiger partial charge in [-0.3, -0.25) is 0 Å². The number of benzene rings is 1. The molecule has 0 saturated carbocycles. The molecule has 20 heavy (non-hydrogen) atoms. The first-order chi connectivity index (χ1) is 9.60. The van der Waals surface area contributed by atoms with Gasteiger partial charge in [0.1, 0.15) is 5.82 Å². The topological polar surface area (TPSA) is 52.6 Å². The van der Waals surface area contributed by atoms with Crippen LogP contribution in [0.3, 0.4) is 0 Å². The Kier molecular flexibility index (Phi) is 5.20. The molecule has 2 amide bonds. The van der Waals surface area contributed by atoms with E-state index in [0.29, 0.717) is 23.7 Å². The van der Waals surface area contributed by atoms with E-state index < -0.39 is 5.82 Å². The number of amides is 2. The van der Waals surface area contributed by atoms with Crippen LogP contribution in [0.25, 0.3) is 0 Å². The molecular weight excluding hydrogens is 283 g/mol. The Balaban J connectivity index is 1.88. The number of rotatable bonds is 3. The van der Waals surface area contributed by atoms with Crippen LogP contribution in [0.15, 0.2) is 18.2 Å². The fraction of sp³-hybridized carbons (Fsp3) is 0.500. The molecular formula is C14H18ClFN2O2. The lowest BCUT2D eigenvalue weighted by Gasteiger charge is -2.31. The van der Waals surface area contributed by atoms with Crippen molar-refractivity contribution >= 4 is 17.6 Å². The summed E-state index contributed by atoms with van der Waals surface area (Å²) in [6.45, 7) is 1.63. The number of hydrogen-bond donors (Lipinski definition) is 2. The largest absolute Gasteiger partial charge is 0.396 e. The van der Waals surface area contributed by atoms with Gasteiger partial charge in [-0.1, -0.05) is 17.7 Å². The summed E-state index contributed by atoms with van der Waals surface area (Å²) in [6.07, 6.45) is 1.85. The second-order valence-corrected chi connectivity index (χ2v) is 5.44. The predicted molar refractivity (Wildman–Crippen MR) is 75.0 cm³/mol. The van der Waals surface area contributed by atoms with Crippen LogP contribution < -0.4 is 5.32 Å². The monoisotopic (exact) mass is 300 g/mol. The van der Waals surface area contributed by atoms with Crippen LogP contribution in [0.4, 0.5) is 9.18 Å². The summed E-state index contributed by atoms with van der Waals surface area (Å²) < 4.78 is 12.9. The number of hydrogen-bond acceptors (Lipinski definition) is 2. The highest BCUT2D eigenvalue weighted by molar-refractivity contribution is 6.31. The first-order valence-corrected chi connectivity index (χ1v) is 7.05.